The van der Waals surface area contributed by atoms with E-state index in [-0.39, 0.29) is 5.97 Å². The van der Waals surface area contributed by atoms with E-state index in [1.165, 1.54) is 43.1 Å². The van der Waals surface area contributed by atoms with Crippen molar-refractivity contribution in [3.8, 4) is 11.1 Å². The monoisotopic (exact) mass is 415 g/mol. The van der Waals surface area contributed by atoms with Gasteiger partial charge in [-0.2, -0.15) is 0 Å². The van der Waals surface area contributed by atoms with Gasteiger partial charge in [0.1, 0.15) is 17.0 Å². The van der Waals surface area contributed by atoms with Crippen molar-refractivity contribution < 1.29 is 9.53 Å². The van der Waals surface area contributed by atoms with Crippen LogP contribution in [0.1, 0.15) is 34.3 Å². The number of hydrogen-bond acceptors (Lipinski definition) is 6. The highest BCUT2D eigenvalue weighted by Gasteiger charge is 2.16. The van der Waals surface area contributed by atoms with E-state index in [0.29, 0.717) is 5.56 Å². The van der Waals surface area contributed by atoms with Gasteiger partial charge in [0.05, 0.1) is 18.1 Å². The molecule has 0 amide bonds. The van der Waals surface area contributed by atoms with Gasteiger partial charge < -0.3 is 10.1 Å². The molecule has 150 valence electrons. The molecule has 0 unspecified atom stereocenters. The van der Waals surface area contributed by atoms with Crippen LogP contribution in [0, 0.1) is 0 Å². The number of nitrogens with one attached hydrogen (secondary N) is 1. The molecule has 6 heteroatoms. The molecule has 2 heterocycles. The predicted octanol–water partition coefficient (Wildman–Crippen LogP) is 5.77. The Kier molecular flexibility index (Phi) is 4.93. The molecule has 0 atom stereocenters. The molecule has 4 aromatic rings. The third-order valence-corrected chi connectivity index (χ3v) is 6.46. The molecule has 5 nitrogen and oxygen atoms in total. The van der Waals surface area contributed by atoms with Gasteiger partial charge >= 0.3 is 5.97 Å². The second kappa shape index (κ2) is 7.88. The average molecular weight is 416 g/mol. The standard InChI is InChI=1S/C24H21N3O2S/c1-29-24(28)18-7-4-8-19(12-18)27-22-21-20(13-30-23(21)26-14-25-22)17-10-9-15-5-2-3-6-16(15)11-17/h4,7-14H,2-3,5-6H2,1H3,(H,25,26,27). The van der Waals surface area contributed by atoms with Crippen LogP contribution in [-0.2, 0) is 17.6 Å². The minimum atomic E-state index is -0.364. The zero-order valence-corrected chi connectivity index (χ0v) is 17.5. The zero-order chi connectivity index (χ0) is 20.5. The van der Waals surface area contributed by atoms with Crippen LogP contribution in [0.25, 0.3) is 21.3 Å². The summed E-state index contributed by atoms with van der Waals surface area (Å²) in [5.41, 5.74) is 6.53. The Morgan fingerprint density at radius 1 is 1.07 bits per heavy atom. The second-order valence-electron chi connectivity index (χ2n) is 7.44. The van der Waals surface area contributed by atoms with Gasteiger partial charge in [0.15, 0.2) is 0 Å². The number of anilines is 2. The van der Waals surface area contributed by atoms with Crippen molar-refractivity contribution in [3.63, 3.8) is 0 Å². The molecule has 0 saturated heterocycles. The van der Waals surface area contributed by atoms with Crippen molar-refractivity contribution in [1.82, 2.24) is 9.97 Å². The fourth-order valence-electron chi connectivity index (χ4n) is 4.06. The number of carbonyl (C=O) groups excluding carboxylic acids is 1. The number of fused-ring (bicyclic) bond motifs is 2. The fourth-order valence-corrected chi connectivity index (χ4v) is 4.98. The van der Waals surface area contributed by atoms with Crippen LogP contribution in [0.4, 0.5) is 11.5 Å². The molecule has 1 N–H and O–H groups in total. The molecule has 30 heavy (non-hydrogen) atoms. The Hall–Kier alpha value is -3.25. The molecule has 1 aliphatic carbocycles. The van der Waals surface area contributed by atoms with E-state index in [1.807, 2.05) is 12.1 Å². The van der Waals surface area contributed by atoms with E-state index < -0.39 is 0 Å². The first-order valence-electron chi connectivity index (χ1n) is 10.0. The molecule has 2 aromatic carbocycles. The number of aryl methyl sites for hydroxylation is 2. The number of esters is 1. The predicted molar refractivity (Wildman–Crippen MR) is 121 cm³/mol. The summed E-state index contributed by atoms with van der Waals surface area (Å²) in [5.74, 6) is 0.368. The summed E-state index contributed by atoms with van der Waals surface area (Å²) in [6.07, 6.45) is 6.43. The first-order chi connectivity index (χ1) is 14.7. The highest BCUT2D eigenvalue weighted by molar-refractivity contribution is 7.17. The van der Waals surface area contributed by atoms with E-state index in [0.717, 1.165) is 33.7 Å². The molecule has 5 rings (SSSR count). The maximum Gasteiger partial charge on any atom is 0.337 e. The minimum Gasteiger partial charge on any atom is -0.465 e. The Balaban J connectivity index is 1.56. The Labute approximate surface area is 178 Å². The molecule has 0 saturated carbocycles. The molecule has 1 aliphatic rings. The van der Waals surface area contributed by atoms with E-state index >= 15 is 0 Å². The number of ether oxygens (including phenoxy) is 1. The molecular weight excluding hydrogens is 394 g/mol. The van der Waals surface area contributed by atoms with E-state index in [4.69, 9.17) is 4.74 Å². The Bertz CT molecular complexity index is 1250. The molecular formula is C24H21N3O2S. The van der Waals surface area contributed by atoms with E-state index in [1.54, 1.807) is 29.8 Å². The number of nitrogens with zero attached hydrogens (tertiary/aromatic N) is 2. The SMILES string of the molecule is COC(=O)c1cccc(Nc2ncnc3scc(-c4ccc5c(c4)CCCC5)c23)c1. The smallest absolute Gasteiger partial charge is 0.337 e. The van der Waals surface area contributed by atoms with Crippen molar-refractivity contribution in [2.24, 2.45) is 0 Å². The summed E-state index contributed by atoms with van der Waals surface area (Å²) in [5, 5.41) is 6.53. The van der Waals surface area contributed by atoms with Crippen molar-refractivity contribution in [1.29, 1.82) is 0 Å². The summed E-state index contributed by atoms with van der Waals surface area (Å²) in [6.45, 7) is 0. The van der Waals surface area contributed by atoms with Gasteiger partial charge in [-0.3, -0.25) is 0 Å². The zero-order valence-electron chi connectivity index (χ0n) is 16.6. The first kappa shape index (κ1) is 18.8. The normalized spacial score (nSPS) is 13.1. The highest BCUT2D eigenvalue weighted by Crippen LogP contribution is 2.38. The van der Waals surface area contributed by atoms with Gasteiger partial charge in [-0.25, -0.2) is 14.8 Å². The maximum absolute atomic E-state index is 11.9. The number of hydrogen-bond donors (Lipinski definition) is 1. The Morgan fingerprint density at radius 3 is 2.80 bits per heavy atom. The Morgan fingerprint density at radius 2 is 1.93 bits per heavy atom. The third-order valence-electron chi connectivity index (χ3n) is 5.58. The number of carbonyl (C=O) groups is 1. The van der Waals surface area contributed by atoms with Crippen LogP contribution in [0.2, 0.25) is 0 Å². The quantitative estimate of drug-likeness (QED) is 0.429. The average Bonchev–Trinajstić information content (AvgIpc) is 3.24. The number of aromatic nitrogens is 2. The van der Waals surface area contributed by atoms with Crippen molar-refractivity contribution in [2.75, 3.05) is 12.4 Å². The largest absolute Gasteiger partial charge is 0.465 e. The van der Waals surface area contributed by atoms with Gasteiger partial charge in [0.2, 0.25) is 0 Å². The summed E-state index contributed by atoms with van der Waals surface area (Å²) < 4.78 is 4.83. The topological polar surface area (TPSA) is 64.1 Å². The van der Waals surface area contributed by atoms with Gasteiger partial charge in [-0.1, -0.05) is 24.3 Å². The maximum atomic E-state index is 11.9. The van der Waals surface area contributed by atoms with Gasteiger partial charge in [0, 0.05) is 16.6 Å². The summed E-state index contributed by atoms with van der Waals surface area (Å²) >= 11 is 1.62. The lowest BCUT2D eigenvalue weighted by Crippen LogP contribution is -2.03. The van der Waals surface area contributed by atoms with Crippen LogP contribution < -0.4 is 5.32 Å². The van der Waals surface area contributed by atoms with E-state index in [9.17, 15) is 4.79 Å². The second-order valence-corrected chi connectivity index (χ2v) is 8.30. The highest BCUT2D eigenvalue weighted by atomic mass is 32.1. The first-order valence-corrected chi connectivity index (χ1v) is 10.9. The molecule has 0 spiro atoms. The van der Waals surface area contributed by atoms with Crippen LogP contribution in [0.5, 0.6) is 0 Å². The number of methoxy groups -OCH3 is 1. The lowest BCUT2D eigenvalue weighted by atomic mass is 9.89. The van der Waals surface area contributed by atoms with Crippen molar-refractivity contribution in [3.05, 3.63) is 70.9 Å². The van der Waals surface area contributed by atoms with Gasteiger partial charge in [-0.15, -0.1) is 11.3 Å². The van der Waals surface area contributed by atoms with Gasteiger partial charge in [0.25, 0.3) is 0 Å². The number of benzene rings is 2. The molecule has 0 radical (unpaired) electrons. The fraction of sp³-hybridized carbons (Fsp3) is 0.208. The van der Waals surface area contributed by atoms with Crippen molar-refractivity contribution in [2.45, 2.75) is 25.7 Å². The molecule has 0 aliphatic heterocycles. The molecule has 2 aromatic heterocycles. The van der Waals surface area contributed by atoms with Crippen molar-refractivity contribution >= 4 is 39.0 Å². The molecule has 0 bridgehead atoms. The van der Waals surface area contributed by atoms with Crippen LogP contribution in [0.3, 0.4) is 0 Å². The van der Waals surface area contributed by atoms with Crippen LogP contribution >= 0.6 is 11.3 Å². The lowest BCUT2D eigenvalue weighted by molar-refractivity contribution is 0.0601. The lowest BCUT2D eigenvalue weighted by Gasteiger charge is -2.16. The number of rotatable bonds is 4. The summed E-state index contributed by atoms with van der Waals surface area (Å²) in [7, 11) is 1.38. The van der Waals surface area contributed by atoms with Crippen LogP contribution in [-0.4, -0.2) is 23.0 Å². The van der Waals surface area contributed by atoms with Crippen LogP contribution in [0.15, 0.2) is 54.2 Å². The van der Waals surface area contributed by atoms with E-state index in [2.05, 4.69) is 38.9 Å². The third kappa shape index (κ3) is 3.44. The number of thiophene rings is 1. The minimum absolute atomic E-state index is 0.364. The molecule has 0 fully saturated rings. The summed E-state index contributed by atoms with van der Waals surface area (Å²) in [4.78, 5) is 21.8. The van der Waals surface area contributed by atoms with Gasteiger partial charge in [-0.05, 0) is 60.6 Å². The summed E-state index contributed by atoms with van der Waals surface area (Å²) in [6, 6.07) is 14.0.